The summed E-state index contributed by atoms with van der Waals surface area (Å²) in [4.78, 5) is 32.6. The number of nitrogens with two attached hydrogens (primary N) is 1. The second-order valence-electron chi connectivity index (χ2n) is 4.50. The van der Waals surface area contributed by atoms with Crippen LogP contribution in [0, 0.1) is 5.92 Å². The maximum atomic E-state index is 11.4. The van der Waals surface area contributed by atoms with E-state index in [1.54, 1.807) is 0 Å². The largest absolute Gasteiger partial charge is 0.481 e. The minimum atomic E-state index is -0.764. The average molecular weight is 257 g/mol. The lowest BCUT2D eigenvalue weighted by atomic mass is 9.86. The van der Waals surface area contributed by atoms with E-state index in [4.69, 9.17) is 10.8 Å². The van der Waals surface area contributed by atoms with Gasteiger partial charge in [0.1, 0.15) is 0 Å². The van der Waals surface area contributed by atoms with Crippen LogP contribution in [0.25, 0.3) is 0 Å². The number of nitrogens with one attached hydrogen (secondary N) is 2. The van der Waals surface area contributed by atoms with E-state index in [9.17, 15) is 14.4 Å². The van der Waals surface area contributed by atoms with E-state index >= 15 is 0 Å². The molecule has 0 atom stereocenters. The lowest BCUT2D eigenvalue weighted by Crippen LogP contribution is -2.44. The first kappa shape index (κ1) is 14.3. The summed E-state index contributed by atoms with van der Waals surface area (Å²) in [6.07, 6.45) is 2.61. The van der Waals surface area contributed by atoms with Gasteiger partial charge in [-0.3, -0.25) is 9.59 Å². The van der Waals surface area contributed by atoms with E-state index in [0.717, 1.165) is 0 Å². The van der Waals surface area contributed by atoms with Gasteiger partial charge in [-0.2, -0.15) is 0 Å². The molecule has 0 radical (unpaired) electrons. The van der Waals surface area contributed by atoms with E-state index < -0.39 is 11.9 Å². The Morgan fingerprint density at radius 3 is 2.28 bits per heavy atom. The minimum absolute atomic E-state index is 0.00850. The van der Waals surface area contributed by atoms with Gasteiger partial charge in [0.05, 0.1) is 5.92 Å². The molecule has 0 aromatic carbocycles. The Labute approximate surface area is 105 Å². The zero-order valence-corrected chi connectivity index (χ0v) is 10.1. The summed E-state index contributed by atoms with van der Waals surface area (Å²) >= 11 is 0. The highest BCUT2D eigenvalue weighted by Crippen LogP contribution is 2.24. The topological polar surface area (TPSA) is 122 Å². The summed E-state index contributed by atoms with van der Waals surface area (Å²) in [5.41, 5.74) is 4.94. The maximum absolute atomic E-state index is 11.4. The Morgan fingerprint density at radius 2 is 1.78 bits per heavy atom. The van der Waals surface area contributed by atoms with Crippen LogP contribution >= 0.6 is 0 Å². The van der Waals surface area contributed by atoms with Crippen LogP contribution in [0.15, 0.2) is 0 Å². The summed E-state index contributed by atoms with van der Waals surface area (Å²) in [5, 5.41) is 14.1. The second kappa shape index (κ2) is 6.83. The molecule has 1 aliphatic rings. The molecule has 0 spiro atoms. The van der Waals surface area contributed by atoms with Gasteiger partial charge in [-0.05, 0) is 25.7 Å². The number of rotatable bonds is 5. The monoisotopic (exact) mass is 257 g/mol. The van der Waals surface area contributed by atoms with Gasteiger partial charge < -0.3 is 21.5 Å². The fraction of sp³-hybridized carbons (Fsp3) is 0.727. The maximum Gasteiger partial charge on any atom is 0.315 e. The predicted octanol–water partition coefficient (Wildman–Crippen LogP) is -0.196. The summed E-state index contributed by atoms with van der Waals surface area (Å²) in [6.45, 7) is 0.214. The standard InChI is InChI=1S/C11H19N3O4/c12-9(15)5-6-13-11(18)14-8-3-1-7(2-4-8)10(16)17/h7-8H,1-6H2,(H2,12,15)(H,16,17)(H2,13,14,18). The third-order valence-electron chi connectivity index (χ3n) is 3.07. The number of hydrogen-bond donors (Lipinski definition) is 4. The zero-order chi connectivity index (χ0) is 13.5. The van der Waals surface area contributed by atoms with Crippen LogP contribution in [0.1, 0.15) is 32.1 Å². The molecule has 1 aliphatic carbocycles. The lowest BCUT2D eigenvalue weighted by Gasteiger charge is -2.26. The zero-order valence-electron chi connectivity index (χ0n) is 10.1. The molecule has 1 saturated carbocycles. The molecule has 102 valence electrons. The number of carbonyl (C=O) groups excluding carboxylic acids is 2. The number of aliphatic carboxylic acids is 1. The van der Waals surface area contributed by atoms with Gasteiger partial charge in [-0.25, -0.2) is 4.79 Å². The number of amides is 3. The van der Waals surface area contributed by atoms with Crippen molar-refractivity contribution in [3.8, 4) is 0 Å². The van der Waals surface area contributed by atoms with Gasteiger partial charge >= 0.3 is 12.0 Å². The van der Waals surface area contributed by atoms with E-state index in [0.29, 0.717) is 25.7 Å². The molecule has 1 fully saturated rings. The Balaban J connectivity index is 2.18. The molecule has 0 unspecified atom stereocenters. The molecular formula is C11H19N3O4. The molecule has 7 heteroatoms. The smallest absolute Gasteiger partial charge is 0.315 e. The first-order valence-corrected chi connectivity index (χ1v) is 6.04. The fourth-order valence-corrected chi connectivity index (χ4v) is 2.02. The number of hydrogen-bond acceptors (Lipinski definition) is 3. The molecule has 1 rings (SSSR count). The summed E-state index contributed by atoms with van der Waals surface area (Å²) in [7, 11) is 0. The van der Waals surface area contributed by atoms with Crippen molar-refractivity contribution >= 4 is 17.9 Å². The van der Waals surface area contributed by atoms with Crippen LogP contribution in [0.5, 0.6) is 0 Å². The van der Waals surface area contributed by atoms with Crippen molar-refractivity contribution in [1.29, 1.82) is 0 Å². The molecule has 7 nitrogen and oxygen atoms in total. The number of carboxylic acid groups (broad SMARTS) is 1. The number of primary amides is 1. The highest BCUT2D eigenvalue weighted by molar-refractivity contribution is 5.77. The molecular weight excluding hydrogens is 238 g/mol. The fourth-order valence-electron chi connectivity index (χ4n) is 2.02. The molecule has 0 aliphatic heterocycles. The predicted molar refractivity (Wildman–Crippen MR) is 63.7 cm³/mol. The Bertz CT molecular complexity index is 324. The Morgan fingerprint density at radius 1 is 1.17 bits per heavy atom. The van der Waals surface area contributed by atoms with E-state index in [1.807, 2.05) is 0 Å². The van der Waals surface area contributed by atoms with E-state index in [-0.39, 0.29) is 31.0 Å². The number of carbonyl (C=O) groups is 3. The molecule has 0 aromatic heterocycles. The van der Waals surface area contributed by atoms with Gasteiger partial charge in [0.2, 0.25) is 5.91 Å². The lowest BCUT2D eigenvalue weighted by molar-refractivity contribution is -0.142. The molecule has 0 aromatic rings. The van der Waals surface area contributed by atoms with Crippen LogP contribution in [0.2, 0.25) is 0 Å². The van der Waals surface area contributed by atoms with Crippen LogP contribution in [-0.4, -0.2) is 35.6 Å². The van der Waals surface area contributed by atoms with Crippen LogP contribution in [0.4, 0.5) is 4.79 Å². The Kier molecular flexibility index (Phi) is 5.41. The van der Waals surface area contributed by atoms with Crippen LogP contribution in [-0.2, 0) is 9.59 Å². The van der Waals surface area contributed by atoms with Crippen LogP contribution in [0.3, 0.4) is 0 Å². The van der Waals surface area contributed by atoms with Gasteiger partial charge in [-0.15, -0.1) is 0 Å². The molecule has 3 amide bonds. The van der Waals surface area contributed by atoms with Gasteiger partial charge in [-0.1, -0.05) is 0 Å². The molecule has 0 saturated heterocycles. The van der Waals surface area contributed by atoms with Crippen molar-refractivity contribution in [3.05, 3.63) is 0 Å². The Hall–Kier alpha value is -1.79. The molecule has 5 N–H and O–H groups in total. The third-order valence-corrected chi connectivity index (χ3v) is 3.07. The van der Waals surface area contributed by atoms with Crippen molar-refractivity contribution in [2.75, 3.05) is 6.54 Å². The summed E-state index contributed by atoms with van der Waals surface area (Å²) < 4.78 is 0. The summed E-state index contributed by atoms with van der Waals surface area (Å²) in [6, 6.07) is -0.329. The van der Waals surface area contributed by atoms with Gasteiger partial charge in [0.25, 0.3) is 0 Å². The first-order valence-electron chi connectivity index (χ1n) is 6.04. The third kappa shape index (κ3) is 5.03. The number of carboxylic acids is 1. The normalized spacial score (nSPS) is 23.1. The number of urea groups is 1. The van der Waals surface area contributed by atoms with E-state index in [1.165, 1.54) is 0 Å². The summed E-state index contributed by atoms with van der Waals surface area (Å²) in [5.74, 6) is -1.52. The molecule has 0 heterocycles. The highest BCUT2D eigenvalue weighted by Gasteiger charge is 2.26. The van der Waals surface area contributed by atoms with Crippen molar-refractivity contribution in [1.82, 2.24) is 10.6 Å². The molecule has 0 bridgehead atoms. The van der Waals surface area contributed by atoms with Gasteiger partial charge in [0.15, 0.2) is 0 Å². The SMILES string of the molecule is NC(=O)CCNC(=O)NC1CCC(C(=O)O)CC1. The quantitative estimate of drug-likeness (QED) is 0.545. The molecule has 18 heavy (non-hydrogen) atoms. The van der Waals surface area contributed by atoms with Crippen molar-refractivity contribution in [2.24, 2.45) is 11.7 Å². The second-order valence-corrected chi connectivity index (χ2v) is 4.50. The first-order chi connectivity index (χ1) is 8.49. The highest BCUT2D eigenvalue weighted by atomic mass is 16.4. The van der Waals surface area contributed by atoms with Crippen molar-refractivity contribution in [3.63, 3.8) is 0 Å². The average Bonchev–Trinajstić information content (AvgIpc) is 2.29. The van der Waals surface area contributed by atoms with Crippen LogP contribution < -0.4 is 16.4 Å². The van der Waals surface area contributed by atoms with E-state index in [2.05, 4.69) is 10.6 Å². The minimum Gasteiger partial charge on any atom is -0.481 e. The van der Waals surface area contributed by atoms with Gasteiger partial charge in [0, 0.05) is 19.0 Å². The van der Waals surface area contributed by atoms with Crippen molar-refractivity contribution in [2.45, 2.75) is 38.1 Å². The van der Waals surface area contributed by atoms with Crippen molar-refractivity contribution < 1.29 is 19.5 Å².